The Kier molecular flexibility index (Phi) is 7.63. The fourth-order valence-electron chi connectivity index (χ4n) is 5.76. The molecule has 1 atom stereocenters. The van der Waals surface area contributed by atoms with Gasteiger partial charge in [-0.05, 0) is 18.4 Å². The molecule has 0 spiro atoms. The van der Waals surface area contributed by atoms with E-state index in [4.69, 9.17) is 0 Å². The number of fused-ring (bicyclic) bond motifs is 1. The lowest BCUT2D eigenvalue weighted by Crippen LogP contribution is -2.42. The molecule has 192 valence electrons. The van der Waals surface area contributed by atoms with E-state index < -0.39 is 0 Å². The first-order valence-electron chi connectivity index (χ1n) is 13.4. The summed E-state index contributed by atoms with van der Waals surface area (Å²) < 4.78 is 2.09. The van der Waals surface area contributed by atoms with Crippen molar-refractivity contribution in [2.45, 2.75) is 63.8 Å². The van der Waals surface area contributed by atoms with Gasteiger partial charge in [0.15, 0.2) is 0 Å². The van der Waals surface area contributed by atoms with Crippen LogP contribution in [0, 0.1) is 5.92 Å². The monoisotopic (exact) mass is 492 g/mol. The van der Waals surface area contributed by atoms with Crippen LogP contribution in [0.5, 0.6) is 0 Å². The van der Waals surface area contributed by atoms with Crippen LogP contribution in [-0.4, -0.2) is 75.0 Å². The second-order valence-electron chi connectivity index (χ2n) is 10.3. The molecule has 2 fully saturated rings. The van der Waals surface area contributed by atoms with E-state index in [2.05, 4.69) is 20.1 Å². The molecule has 2 aromatic rings. The standard InChI is InChI=1S/C27H36N6O3/c34-25-17-22(20-7-3-1-4-8-20)18-32(25)19-26(35)31-14-12-24-30-29-23(33(24)16-15-31)11-13-28-27(36)21-9-5-2-6-10-21/h1,3-4,7-8,21-22H,2,5-6,9-19H2,(H,28,36)/t22-/m1/s1. The summed E-state index contributed by atoms with van der Waals surface area (Å²) in [6, 6.07) is 10.0. The molecule has 9 heteroatoms. The summed E-state index contributed by atoms with van der Waals surface area (Å²) in [5, 5.41) is 11.8. The van der Waals surface area contributed by atoms with Gasteiger partial charge in [-0.25, -0.2) is 0 Å². The summed E-state index contributed by atoms with van der Waals surface area (Å²) >= 11 is 0. The first-order chi connectivity index (χ1) is 17.6. The number of nitrogens with one attached hydrogen (secondary N) is 1. The average molecular weight is 493 g/mol. The lowest BCUT2D eigenvalue weighted by Gasteiger charge is -2.24. The number of carbonyl (C=O) groups excluding carboxylic acids is 3. The van der Waals surface area contributed by atoms with Gasteiger partial charge in [-0.3, -0.25) is 14.4 Å². The predicted octanol–water partition coefficient (Wildman–Crippen LogP) is 1.92. The van der Waals surface area contributed by atoms with Crippen molar-refractivity contribution < 1.29 is 14.4 Å². The van der Waals surface area contributed by atoms with Gasteiger partial charge in [0.05, 0.1) is 6.54 Å². The third-order valence-electron chi connectivity index (χ3n) is 7.89. The third kappa shape index (κ3) is 5.60. The van der Waals surface area contributed by atoms with Crippen LogP contribution < -0.4 is 5.32 Å². The highest BCUT2D eigenvalue weighted by molar-refractivity contribution is 5.86. The number of hydrogen-bond donors (Lipinski definition) is 1. The van der Waals surface area contributed by atoms with Gasteiger partial charge in [-0.15, -0.1) is 10.2 Å². The zero-order valence-corrected chi connectivity index (χ0v) is 20.9. The highest BCUT2D eigenvalue weighted by Gasteiger charge is 2.33. The maximum absolute atomic E-state index is 13.1. The smallest absolute Gasteiger partial charge is 0.242 e. The molecule has 0 bridgehead atoms. The van der Waals surface area contributed by atoms with Crippen molar-refractivity contribution in [2.24, 2.45) is 5.92 Å². The van der Waals surface area contributed by atoms with E-state index in [-0.39, 0.29) is 36.1 Å². The quantitative estimate of drug-likeness (QED) is 0.637. The maximum Gasteiger partial charge on any atom is 0.242 e. The van der Waals surface area contributed by atoms with Crippen LogP contribution in [0.15, 0.2) is 30.3 Å². The van der Waals surface area contributed by atoms with Gasteiger partial charge in [0, 0.05) is 63.8 Å². The number of nitrogens with zero attached hydrogens (tertiary/aromatic N) is 5. The molecule has 1 N–H and O–H groups in total. The van der Waals surface area contributed by atoms with Crippen LogP contribution in [0.4, 0.5) is 0 Å². The molecule has 5 rings (SSSR count). The Morgan fingerprint density at radius 2 is 1.81 bits per heavy atom. The molecular formula is C27H36N6O3. The topological polar surface area (TPSA) is 100 Å². The van der Waals surface area contributed by atoms with Crippen molar-refractivity contribution in [1.29, 1.82) is 0 Å². The Balaban J connectivity index is 1.11. The van der Waals surface area contributed by atoms with Crippen LogP contribution in [0.3, 0.4) is 0 Å². The van der Waals surface area contributed by atoms with Crippen molar-refractivity contribution >= 4 is 17.7 Å². The zero-order valence-electron chi connectivity index (χ0n) is 20.9. The van der Waals surface area contributed by atoms with Crippen molar-refractivity contribution in [3.63, 3.8) is 0 Å². The van der Waals surface area contributed by atoms with E-state index in [9.17, 15) is 14.4 Å². The summed E-state index contributed by atoms with van der Waals surface area (Å²) in [6.45, 7) is 3.03. The molecule has 0 unspecified atom stereocenters. The lowest BCUT2D eigenvalue weighted by molar-refractivity contribution is -0.138. The molecule has 1 saturated heterocycles. The van der Waals surface area contributed by atoms with Crippen molar-refractivity contribution in [3.05, 3.63) is 47.5 Å². The molecule has 1 aromatic heterocycles. The van der Waals surface area contributed by atoms with Gasteiger partial charge in [0.2, 0.25) is 17.7 Å². The summed E-state index contributed by atoms with van der Waals surface area (Å²) in [6.07, 6.45) is 7.22. The normalized spacial score (nSPS) is 20.8. The van der Waals surface area contributed by atoms with Gasteiger partial charge < -0.3 is 19.7 Å². The van der Waals surface area contributed by atoms with Gasteiger partial charge in [-0.2, -0.15) is 0 Å². The molecule has 3 aliphatic rings. The average Bonchev–Trinajstić information content (AvgIpc) is 3.39. The van der Waals surface area contributed by atoms with Gasteiger partial charge in [0.25, 0.3) is 0 Å². The number of carbonyl (C=O) groups is 3. The minimum absolute atomic E-state index is 0.0166. The van der Waals surface area contributed by atoms with Crippen LogP contribution in [0.2, 0.25) is 0 Å². The predicted molar refractivity (Wildman–Crippen MR) is 134 cm³/mol. The lowest BCUT2D eigenvalue weighted by atomic mass is 9.89. The number of amides is 3. The summed E-state index contributed by atoms with van der Waals surface area (Å²) in [7, 11) is 0. The largest absolute Gasteiger partial charge is 0.355 e. The van der Waals surface area contributed by atoms with E-state index in [1.807, 2.05) is 35.2 Å². The van der Waals surface area contributed by atoms with Gasteiger partial charge in [0.1, 0.15) is 11.6 Å². The number of rotatable bonds is 7. The molecule has 9 nitrogen and oxygen atoms in total. The molecule has 1 aliphatic carbocycles. The molecular weight excluding hydrogens is 456 g/mol. The number of hydrogen-bond acceptors (Lipinski definition) is 5. The van der Waals surface area contributed by atoms with E-state index in [1.54, 1.807) is 4.90 Å². The summed E-state index contributed by atoms with van der Waals surface area (Å²) in [5.41, 5.74) is 1.15. The fraction of sp³-hybridized carbons (Fsp3) is 0.593. The Morgan fingerprint density at radius 3 is 2.61 bits per heavy atom. The Bertz CT molecular complexity index is 1080. The van der Waals surface area contributed by atoms with Crippen LogP contribution in [0.25, 0.3) is 0 Å². The zero-order chi connectivity index (χ0) is 24.9. The summed E-state index contributed by atoms with van der Waals surface area (Å²) in [4.78, 5) is 41.6. The molecule has 1 aromatic carbocycles. The van der Waals surface area contributed by atoms with E-state index in [1.165, 1.54) is 6.42 Å². The minimum Gasteiger partial charge on any atom is -0.355 e. The fourth-order valence-corrected chi connectivity index (χ4v) is 5.76. The van der Waals surface area contributed by atoms with E-state index in [0.717, 1.165) is 42.9 Å². The van der Waals surface area contributed by atoms with Crippen LogP contribution in [-0.2, 0) is 33.8 Å². The van der Waals surface area contributed by atoms with E-state index >= 15 is 0 Å². The number of benzene rings is 1. The Hall–Kier alpha value is -3.23. The van der Waals surface area contributed by atoms with Gasteiger partial charge >= 0.3 is 0 Å². The Labute approximate surface area is 212 Å². The molecule has 1 saturated carbocycles. The van der Waals surface area contributed by atoms with Crippen LogP contribution in [0.1, 0.15) is 61.7 Å². The second-order valence-corrected chi connectivity index (χ2v) is 10.3. The molecule has 0 radical (unpaired) electrons. The first kappa shape index (κ1) is 24.5. The van der Waals surface area contributed by atoms with Crippen molar-refractivity contribution in [1.82, 2.24) is 29.9 Å². The van der Waals surface area contributed by atoms with Crippen molar-refractivity contribution in [3.8, 4) is 0 Å². The Morgan fingerprint density at radius 1 is 1.00 bits per heavy atom. The van der Waals surface area contributed by atoms with Crippen LogP contribution >= 0.6 is 0 Å². The minimum atomic E-state index is -0.0166. The van der Waals surface area contributed by atoms with E-state index in [0.29, 0.717) is 52.0 Å². The molecule has 3 amide bonds. The molecule has 36 heavy (non-hydrogen) atoms. The van der Waals surface area contributed by atoms with Gasteiger partial charge in [-0.1, -0.05) is 49.6 Å². The first-order valence-corrected chi connectivity index (χ1v) is 13.4. The number of aromatic nitrogens is 3. The third-order valence-corrected chi connectivity index (χ3v) is 7.89. The summed E-state index contributed by atoms with van der Waals surface area (Å²) in [5.74, 6) is 2.21. The highest BCUT2D eigenvalue weighted by atomic mass is 16.2. The highest BCUT2D eigenvalue weighted by Crippen LogP contribution is 2.28. The molecule has 3 heterocycles. The number of likely N-dealkylation sites (tertiary alicyclic amines) is 1. The maximum atomic E-state index is 13.1. The SMILES string of the molecule is O=C(NCCc1nnc2n1CCN(C(=O)CN1C[C@H](c3ccccc3)CC1=O)CC2)C1CCCCC1. The second kappa shape index (κ2) is 11.2. The van der Waals surface area contributed by atoms with Crippen molar-refractivity contribution in [2.75, 3.05) is 32.7 Å². The molecule has 2 aliphatic heterocycles.